The number of hydrogen-bond acceptors (Lipinski definition) is 7. The lowest BCUT2D eigenvalue weighted by Gasteiger charge is -2.42. The summed E-state index contributed by atoms with van der Waals surface area (Å²) in [4.78, 5) is 17.1. The molecule has 0 amide bonds. The maximum Gasteiger partial charge on any atom is 0.131 e. The van der Waals surface area contributed by atoms with Crippen molar-refractivity contribution in [3.8, 4) is 0 Å². The van der Waals surface area contributed by atoms with E-state index in [-0.39, 0.29) is 12.1 Å². The summed E-state index contributed by atoms with van der Waals surface area (Å²) in [5.74, 6) is 4.15. The summed E-state index contributed by atoms with van der Waals surface area (Å²) in [5.41, 5.74) is 1.60. The molecule has 1 saturated heterocycles. The van der Waals surface area contributed by atoms with Crippen molar-refractivity contribution in [3.05, 3.63) is 35.0 Å². The molecule has 170 valence electrons. The van der Waals surface area contributed by atoms with Gasteiger partial charge in [0.15, 0.2) is 0 Å². The van der Waals surface area contributed by atoms with Gasteiger partial charge in [0.1, 0.15) is 11.6 Å². The third kappa shape index (κ3) is 3.51. The fraction of sp³-hybridized carbons (Fsp3) is 0.609. The van der Waals surface area contributed by atoms with E-state index in [4.69, 9.17) is 16.6 Å². The Kier molecular flexibility index (Phi) is 5.15. The molecule has 2 aliphatic carbocycles. The highest BCUT2D eigenvalue weighted by atomic mass is 35.5. The van der Waals surface area contributed by atoms with Gasteiger partial charge < -0.3 is 15.3 Å². The first-order valence-corrected chi connectivity index (χ1v) is 13.3. The van der Waals surface area contributed by atoms with Crippen molar-refractivity contribution < 1.29 is 9.32 Å². The van der Waals surface area contributed by atoms with E-state index in [0.29, 0.717) is 28.5 Å². The first-order valence-electron chi connectivity index (χ1n) is 11.6. The molecule has 32 heavy (non-hydrogen) atoms. The number of nitrogens with one attached hydrogen (secondary N) is 1. The minimum atomic E-state index is -1.01. The van der Waals surface area contributed by atoms with Crippen molar-refractivity contribution in [1.82, 2.24) is 15.0 Å². The Balaban J connectivity index is 1.22. The monoisotopic (exact) mass is 473 g/mol. The molecule has 3 fully saturated rings. The molecule has 2 N–H and O–H groups in total. The molecular weight excluding hydrogens is 446 g/mol. The van der Waals surface area contributed by atoms with Crippen molar-refractivity contribution in [2.24, 2.45) is 11.8 Å². The number of fused-ring (bicyclic) bond motifs is 2. The minimum absolute atomic E-state index is 0.105. The Morgan fingerprint density at radius 3 is 2.56 bits per heavy atom. The molecule has 0 aromatic carbocycles. The minimum Gasteiger partial charge on any atom is -0.394 e. The predicted octanol–water partition coefficient (Wildman–Crippen LogP) is 3.15. The van der Waals surface area contributed by atoms with Gasteiger partial charge in [-0.3, -0.25) is 4.21 Å². The number of aliphatic hydroxyl groups is 1. The summed E-state index contributed by atoms with van der Waals surface area (Å²) in [6.07, 6.45) is 9.34. The lowest BCUT2D eigenvalue weighted by Crippen LogP contribution is -2.48. The molecule has 6 rings (SSSR count). The third-order valence-electron chi connectivity index (χ3n) is 7.88. The predicted molar refractivity (Wildman–Crippen MR) is 125 cm³/mol. The topological polar surface area (TPSA) is 91.2 Å². The van der Waals surface area contributed by atoms with E-state index >= 15 is 0 Å². The zero-order chi connectivity index (χ0) is 21.9. The first-order chi connectivity index (χ1) is 15.5. The maximum absolute atomic E-state index is 12.7. The van der Waals surface area contributed by atoms with E-state index in [1.165, 1.54) is 0 Å². The molecule has 3 atom stereocenters. The molecular formula is C23H28ClN5O2S. The zero-order valence-electron chi connectivity index (χ0n) is 18.0. The number of anilines is 2. The van der Waals surface area contributed by atoms with Crippen LogP contribution >= 0.6 is 11.6 Å². The molecule has 9 heteroatoms. The number of aromatic nitrogens is 3. The largest absolute Gasteiger partial charge is 0.394 e. The van der Waals surface area contributed by atoms with Gasteiger partial charge in [0, 0.05) is 49.6 Å². The molecule has 0 bridgehead atoms. The SMILES string of the molecule is O=[S@]1CCc2nc(N3CC4CC(c5ncc(Cl)cn5)CC4C3)cc(NC3(CO)CCC3)c21. The van der Waals surface area contributed by atoms with Crippen LogP contribution in [0.15, 0.2) is 23.4 Å². The van der Waals surface area contributed by atoms with Crippen LogP contribution in [0.3, 0.4) is 0 Å². The highest BCUT2D eigenvalue weighted by molar-refractivity contribution is 7.85. The second-order valence-corrected chi connectivity index (χ2v) is 11.8. The number of halogens is 1. The Morgan fingerprint density at radius 2 is 1.94 bits per heavy atom. The van der Waals surface area contributed by atoms with Gasteiger partial charge in [-0.05, 0) is 43.9 Å². The van der Waals surface area contributed by atoms with E-state index in [1.54, 1.807) is 12.4 Å². The highest BCUT2D eigenvalue weighted by Gasteiger charge is 2.43. The number of hydrogen-bond donors (Lipinski definition) is 2. The molecule has 2 aromatic rings. The van der Waals surface area contributed by atoms with Crippen LogP contribution in [0.5, 0.6) is 0 Å². The summed E-state index contributed by atoms with van der Waals surface area (Å²) >= 11 is 5.95. The van der Waals surface area contributed by atoms with Gasteiger partial charge >= 0.3 is 0 Å². The van der Waals surface area contributed by atoms with Crippen molar-refractivity contribution in [2.75, 3.05) is 35.7 Å². The molecule has 4 aliphatic rings. The van der Waals surface area contributed by atoms with E-state index in [0.717, 1.165) is 79.5 Å². The fourth-order valence-corrected chi connectivity index (χ4v) is 7.43. The quantitative estimate of drug-likeness (QED) is 0.689. The molecule has 2 unspecified atom stereocenters. The number of rotatable bonds is 5. The molecule has 2 aromatic heterocycles. The van der Waals surface area contributed by atoms with E-state index < -0.39 is 10.8 Å². The summed E-state index contributed by atoms with van der Waals surface area (Å²) < 4.78 is 12.7. The average molecular weight is 474 g/mol. The molecule has 2 aliphatic heterocycles. The lowest BCUT2D eigenvalue weighted by atomic mass is 9.77. The van der Waals surface area contributed by atoms with Crippen LogP contribution in [0.25, 0.3) is 0 Å². The Bertz CT molecular complexity index is 1040. The van der Waals surface area contributed by atoms with Gasteiger partial charge in [-0.15, -0.1) is 0 Å². The number of aryl methyl sites for hydroxylation is 1. The van der Waals surface area contributed by atoms with Crippen LogP contribution in [0.1, 0.15) is 49.5 Å². The van der Waals surface area contributed by atoms with E-state index in [2.05, 4.69) is 26.3 Å². The molecule has 0 spiro atoms. The molecule has 4 heterocycles. The van der Waals surface area contributed by atoms with Crippen LogP contribution in [-0.4, -0.2) is 55.3 Å². The van der Waals surface area contributed by atoms with Crippen LogP contribution < -0.4 is 10.2 Å². The Labute approximate surface area is 195 Å². The van der Waals surface area contributed by atoms with Gasteiger partial charge in [-0.2, -0.15) is 0 Å². The van der Waals surface area contributed by atoms with Crippen molar-refractivity contribution in [3.63, 3.8) is 0 Å². The smallest absolute Gasteiger partial charge is 0.131 e. The fourth-order valence-electron chi connectivity index (χ4n) is 5.98. The zero-order valence-corrected chi connectivity index (χ0v) is 19.5. The highest BCUT2D eigenvalue weighted by Crippen LogP contribution is 2.47. The standard InChI is InChI=1S/C23H28ClN5O2S/c24-17-9-25-22(26-10-17)14-6-15-11-29(12-16(15)7-14)20-8-19(28-23(13-30)3-1-4-23)21-18(27-20)2-5-32(21)31/h8-10,14-16,30H,1-7,11-13H2,(H,27,28)/t14?,15?,16?,32-/m0/s1. The third-order valence-corrected chi connectivity index (χ3v) is 9.56. The number of aliphatic hydroxyl groups excluding tert-OH is 1. The second-order valence-electron chi connectivity index (χ2n) is 9.87. The first kappa shape index (κ1) is 20.8. The molecule has 2 saturated carbocycles. The van der Waals surface area contributed by atoms with Crippen LogP contribution in [0.2, 0.25) is 5.02 Å². The lowest BCUT2D eigenvalue weighted by molar-refractivity contribution is 0.144. The molecule has 7 nitrogen and oxygen atoms in total. The van der Waals surface area contributed by atoms with E-state index in [9.17, 15) is 9.32 Å². The number of pyridine rings is 1. The van der Waals surface area contributed by atoms with Gasteiger partial charge in [-0.1, -0.05) is 11.6 Å². The van der Waals surface area contributed by atoms with Gasteiger partial charge in [-0.25, -0.2) is 15.0 Å². The van der Waals surface area contributed by atoms with Gasteiger partial charge in [0.25, 0.3) is 0 Å². The van der Waals surface area contributed by atoms with Crippen molar-refractivity contribution >= 4 is 33.9 Å². The van der Waals surface area contributed by atoms with Crippen molar-refractivity contribution in [2.45, 2.75) is 54.9 Å². The maximum atomic E-state index is 12.7. The normalized spacial score (nSPS) is 30.1. The van der Waals surface area contributed by atoms with Gasteiger partial charge in [0.2, 0.25) is 0 Å². The Hall–Kier alpha value is -1.77. The summed E-state index contributed by atoms with van der Waals surface area (Å²) in [6, 6.07) is 2.08. The van der Waals surface area contributed by atoms with Crippen LogP contribution in [0, 0.1) is 11.8 Å². The summed E-state index contributed by atoms with van der Waals surface area (Å²) in [7, 11) is -1.01. The summed E-state index contributed by atoms with van der Waals surface area (Å²) in [5, 5.41) is 14.1. The Morgan fingerprint density at radius 1 is 1.22 bits per heavy atom. The van der Waals surface area contributed by atoms with E-state index in [1.807, 2.05) is 0 Å². The second kappa shape index (κ2) is 7.92. The average Bonchev–Trinajstić information content (AvgIpc) is 3.44. The van der Waals surface area contributed by atoms with Crippen molar-refractivity contribution in [1.29, 1.82) is 0 Å². The van der Waals surface area contributed by atoms with Crippen LogP contribution in [-0.2, 0) is 17.2 Å². The van der Waals surface area contributed by atoms with Gasteiger partial charge in [0.05, 0.1) is 44.2 Å². The number of nitrogens with zero attached hydrogens (tertiary/aromatic N) is 4. The summed E-state index contributed by atoms with van der Waals surface area (Å²) in [6.45, 7) is 2.07. The molecule has 0 radical (unpaired) electrons. The van der Waals surface area contributed by atoms with Crippen LogP contribution in [0.4, 0.5) is 11.5 Å².